The van der Waals surface area contributed by atoms with E-state index in [4.69, 9.17) is 16.0 Å². The molecule has 30 heavy (non-hydrogen) atoms. The van der Waals surface area contributed by atoms with E-state index in [1.165, 1.54) is 0 Å². The monoisotopic (exact) mass is 423 g/mol. The van der Waals surface area contributed by atoms with Crippen molar-refractivity contribution in [1.29, 1.82) is 0 Å². The summed E-state index contributed by atoms with van der Waals surface area (Å²) >= 11 is 6.03. The van der Waals surface area contributed by atoms with Crippen LogP contribution in [0.25, 0.3) is 11.0 Å². The van der Waals surface area contributed by atoms with Gasteiger partial charge in [-0.15, -0.1) is 0 Å². The van der Waals surface area contributed by atoms with Crippen LogP contribution >= 0.6 is 11.6 Å². The molecule has 0 spiro atoms. The van der Waals surface area contributed by atoms with Crippen molar-refractivity contribution >= 4 is 34.3 Å². The van der Waals surface area contributed by atoms with Crippen molar-refractivity contribution in [3.63, 3.8) is 0 Å². The number of aliphatic hydroxyl groups is 1. The van der Waals surface area contributed by atoms with Crippen molar-refractivity contribution < 1.29 is 19.1 Å². The molecule has 5 nitrogen and oxygen atoms in total. The topological polar surface area (TPSA) is 70.8 Å². The van der Waals surface area contributed by atoms with Gasteiger partial charge in [0.25, 0.3) is 5.91 Å². The average Bonchev–Trinajstić information content (AvgIpc) is 3.29. The first-order valence-electron chi connectivity index (χ1n) is 10.0. The van der Waals surface area contributed by atoms with Crippen molar-refractivity contribution in [2.75, 3.05) is 6.54 Å². The fourth-order valence-corrected chi connectivity index (χ4v) is 3.99. The van der Waals surface area contributed by atoms with Crippen LogP contribution < -0.4 is 0 Å². The summed E-state index contributed by atoms with van der Waals surface area (Å²) in [5, 5.41) is 12.0. The van der Waals surface area contributed by atoms with Gasteiger partial charge in [0.15, 0.2) is 11.5 Å². The van der Waals surface area contributed by atoms with Crippen LogP contribution in [0.15, 0.2) is 70.3 Å². The Kier molecular flexibility index (Phi) is 5.64. The molecule has 4 rings (SSSR count). The lowest BCUT2D eigenvalue weighted by molar-refractivity contribution is -0.129. The summed E-state index contributed by atoms with van der Waals surface area (Å²) in [6.45, 7) is 2.52. The number of carbonyl (C=O) groups excluding carboxylic acids is 2. The number of fused-ring (bicyclic) bond motifs is 1. The molecular formula is C24H22ClNO4. The number of furan rings is 1. The molecule has 1 amide bonds. The summed E-state index contributed by atoms with van der Waals surface area (Å²) in [6.07, 6.45) is 2.73. The molecule has 6 heteroatoms. The Hall–Kier alpha value is -3.05. The van der Waals surface area contributed by atoms with Crippen LogP contribution in [0, 0.1) is 0 Å². The summed E-state index contributed by atoms with van der Waals surface area (Å²) < 4.78 is 5.72. The summed E-state index contributed by atoms with van der Waals surface area (Å²) in [4.78, 5) is 27.8. The van der Waals surface area contributed by atoms with Crippen LogP contribution in [-0.4, -0.2) is 28.2 Å². The van der Waals surface area contributed by atoms with Gasteiger partial charge in [0.1, 0.15) is 5.58 Å². The third-order valence-corrected chi connectivity index (χ3v) is 5.64. The van der Waals surface area contributed by atoms with Gasteiger partial charge in [-0.05, 0) is 36.2 Å². The van der Waals surface area contributed by atoms with Gasteiger partial charge in [-0.1, -0.05) is 61.7 Å². The van der Waals surface area contributed by atoms with E-state index in [1.807, 2.05) is 18.2 Å². The Morgan fingerprint density at radius 1 is 1.13 bits per heavy atom. The second kappa shape index (κ2) is 8.36. The van der Waals surface area contributed by atoms with Gasteiger partial charge in [0.05, 0.1) is 11.6 Å². The molecule has 3 aromatic rings. The average molecular weight is 424 g/mol. The highest BCUT2D eigenvalue weighted by atomic mass is 35.5. The Morgan fingerprint density at radius 3 is 2.57 bits per heavy atom. The van der Waals surface area contributed by atoms with E-state index in [2.05, 4.69) is 6.92 Å². The van der Waals surface area contributed by atoms with Gasteiger partial charge in [-0.25, -0.2) is 0 Å². The van der Waals surface area contributed by atoms with Crippen LogP contribution in [0.1, 0.15) is 48.3 Å². The molecule has 0 fully saturated rings. The van der Waals surface area contributed by atoms with Gasteiger partial charge in [0.2, 0.25) is 5.78 Å². The van der Waals surface area contributed by atoms with E-state index in [9.17, 15) is 14.7 Å². The van der Waals surface area contributed by atoms with Crippen molar-refractivity contribution in [1.82, 2.24) is 4.90 Å². The third-order valence-electron chi connectivity index (χ3n) is 5.39. The quantitative estimate of drug-likeness (QED) is 0.382. The summed E-state index contributed by atoms with van der Waals surface area (Å²) in [7, 11) is 0. The summed E-state index contributed by atoms with van der Waals surface area (Å²) in [5.41, 5.74) is 1.33. The second-order valence-electron chi connectivity index (χ2n) is 7.40. The zero-order valence-corrected chi connectivity index (χ0v) is 17.4. The van der Waals surface area contributed by atoms with Crippen LogP contribution in [0.2, 0.25) is 5.02 Å². The predicted octanol–water partition coefficient (Wildman–Crippen LogP) is 5.85. The number of aliphatic hydroxyl groups excluding tert-OH is 1. The van der Waals surface area contributed by atoms with E-state index < -0.39 is 23.5 Å². The maximum Gasteiger partial charge on any atom is 0.290 e. The van der Waals surface area contributed by atoms with E-state index >= 15 is 0 Å². The molecule has 1 unspecified atom stereocenters. The molecule has 1 aromatic heterocycles. The van der Waals surface area contributed by atoms with Gasteiger partial charge in [-0.3, -0.25) is 9.59 Å². The standard InChI is InChI=1S/C24H22ClNO4/c1-2-3-6-13-26-21(15-9-11-17(25)12-10-15)20(23(28)24(26)29)22(27)19-14-16-7-4-5-8-18(16)30-19/h4-5,7-12,14,21,28H,2-3,6,13H2,1H3. The first-order chi connectivity index (χ1) is 14.5. The Bertz CT molecular complexity index is 1100. The van der Waals surface area contributed by atoms with E-state index in [-0.39, 0.29) is 11.3 Å². The molecule has 1 aliphatic rings. The van der Waals surface area contributed by atoms with Crippen molar-refractivity contribution in [3.8, 4) is 0 Å². The highest BCUT2D eigenvalue weighted by Gasteiger charge is 2.44. The second-order valence-corrected chi connectivity index (χ2v) is 7.84. The zero-order valence-electron chi connectivity index (χ0n) is 16.6. The van der Waals surface area contributed by atoms with Crippen molar-refractivity contribution in [2.24, 2.45) is 0 Å². The number of amides is 1. The number of carbonyl (C=O) groups is 2. The number of unbranched alkanes of at least 4 members (excludes halogenated alkanes) is 2. The molecule has 0 radical (unpaired) electrons. The number of rotatable bonds is 7. The van der Waals surface area contributed by atoms with Gasteiger partial charge >= 0.3 is 0 Å². The fraction of sp³-hybridized carbons (Fsp3) is 0.250. The summed E-state index contributed by atoms with van der Waals surface area (Å²) in [6, 6.07) is 15.2. The molecule has 1 atom stereocenters. The SMILES string of the molecule is CCCCCN1C(=O)C(O)=C(C(=O)c2cc3ccccc3o2)C1c1ccc(Cl)cc1. The van der Waals surface area contributed by atoms with E-state index in [0.29, 0.717) is 22.7 Å². The van der Waals surface area contributed by atoms with Gasteiger partial charge < -0.3 is 14.4 Å². The zero-order chi connectivity index (χ0) is 21.3. The third kappa shape index (κ3) is 3.61. The molecule has 0 saturated carbocycles. The molecule has 0 saturated heterocycles. The minimum Gasteiger partial charge on any atom is -0.503 e. The first kappa shape index (κ1) is 20.2. The molecule has 1 N–H and O–H groups in total. The van der Waals surface area contributed by atoms with E-state index in [1.54, 1.807) is 41.3 Å². The maximum absolute atomic E-state index is 13.4. The number of Topliss-reactive ketones (excluding diaryl/α,β-unsaturated/α-hetero) is 1. The number of para-hydroxylation sites is 1. The smallest absolute Gasteiger partial charge is 0.290 e. The lowest BCUT2D eigenvalue weighted by atomic mass is 9.95. The van der Waals surface area contributed by atoms with Gasteiger partial charge in [-0.2, -0.15) is 0 Å². The predicted molar refractivity (Wildman–Crippen MR) is 116 cm³/mol. The fourth-order valence-electron chi connectivity index (χ4n) is 3.87. The number of hydrogen-bond donors (Lipinski definition) is 1. The molecule has 0 aliphatic carbocycles. The highest BCUT2D eigenvalue weighted by Crippen LogP contribution is 2.40. The molecule has 0 bridgehead atoms. The Balaban J connectivity index is 1.76. The number of ketones is 1. The maximum atomic E-state index is 13.4. The first-order valence-corrected chi connectivity index (χ1v) is 10.4. The molecule has 154 valence electrons. The lowest BCUT2D eigenvalue weighted by Gasteiger charge is -2.26. The van der Waals surface area contributed by atoms with Crippen LogP contribution in [0.3, 0.4) is 0 Å². The largest absolute Gasteiger partial charge is 0.503 e. The Labute approximate surface area is 179 Å². The van der Waals surface area contributed by atoms with Crippen LogP contribution in [0.4, 0.5) is 0 Å². The minimum absolute atomic E-state index is 0.0397. The lowest BCUT2D eigenvalue weighted by Crippen LogP contribution is -2.32. The van der Waals surface area contributed by atoms with Crippen molar-refractivity contribution in [2.45, 2.75) is 32.2 Å². The number of benzene rings is 2. The minimum atomic E-state index is -0.688. The summed E-state index contributed by atoms with van der Waals surface area (Å²) in [5.74, 6) is -1.45. The molecular weight excluding hydrogens is 402 g/mol. The number of halogens is 1. The molecule has 2 heterocycles. The number of hydrogen-bond acceptors (Lipinski definition) is 4. The van der Waals surface area contributed by atoms with E-state index in [0.717, 1.165) is 24.6 Å². The van der Waals surface area contributed by atoms with Crippen LogP contribution in [-0.2, 0) is 4.79 Å². The van der Waals surface area contributed by atoms with Crippen molar-refractivity contribution in [3.05, 3.63) is 82.3 Å². The molecule has 2 aromatic carbocycles. The normalized spacial score (nSPS) is 16.7. The molecule has 1 aliphatic heterocycles. The number of nitrogens with zero attached hydrogens (tertiary/aromatic N) is 1. The van der Waals surface area contributed by atoms with Gasteiger partial charge in [0, 0.05) is 17.0 Å². The highest BCUT2D eigenvalue weighted by molar-refractivity contribution is 6.30. The van der Waals surface area contributed by atoms with Crippen LogP contribution in [0.5, 0.6) is 0 Å². The Morgan fingerprint density at radius 2 is 1.87 bits per heavy atom.